The van der Waals surface area contributed by atoms with Crippen LogP contribution < -0.4 is 0 Å². The summed E-state index contributed by atoms with van der Waals surface area (Å²) in [5, 5.41) is 7.29. The molecule has 35 heavy (non-hydrogen) atoms. The fourth-order valence-electron chi connectivity index (χ4n) is 4.91. The highest BCUT2D eigenvalue weighted by molar-refractivity contribution is 7.13. The van der Waals surface area contributed by atoms with Gasteiger partial charge in [-0.25, -0.2) is 14.5 Å². The number of hydrogen-bond acceptors (Lipinski definition) is 6. The Kier molecular flexibility index (Phi) is 6.38. The van der Waals surface area contributed by atoms with Gasteiger partial charge in [-0.05, 0) is 54.8 Å². The Labute approximate surface area is 208 Å². The van der Waals surface area contributed by atoms with Crippen LogP contribution in [0.2, 0.25) is 0 Å². The summed E-state index contributed by atoms with van der Waals surface area (Å²) in [7, 11) is 0. The van der Waals surface area contributed by atoms with E-state index in [2.05, 4.69) is 18.9 Å². The molecule has 7 nitrogen and oxygen atoms in total. The van der Waals surface area contributed by atoms with Crippen LogP contribution in [0, 0.1) is 18.8 Å². The van der Waals surface area contributed by atoms with Crippen molar-refractivity contribution >= 4 is 34.2 Å². The first-order valence-electron chi connectivity index (χ1n) is 11.8. The van der Waals surface area contributed by atoms with E-state index < -0.39 is 5.97 Å². The van der Waals surface area contributed by atoms with Gasteiger partial charge in [-0.2, -0.15) is 5.10 Å². The number of rotatable bonds is 5. The number of piperidine rings is 1. The maximum atomic E-state index is 13.3. The van der Waals surface area contributed by atoms with Crippen molar-refractivity contribution < 1.29 is 14.3 Å². The molecule has 0 N–H and O–H groups in total. The van der Waals surface area contributed by atoms with Crippen LogP contribution in [0.1, 0.15) is 36.3 Å². The molecule has 4 aromatic rings. The minimum absolute atomic E-state index is 0.155. The van der Waals surface area contributed by atoms with Crippen molar-refractivity contribution in [1.29, 1.82) is 0 Å². The Bertz CT molecular complexity index is 1350. The highest BCUT2D eigenvalue weighted by Crippen LogP contribution is 2.31. The molecule has 1 aliphatic heterocycles. The first-order valence-corrected chi connectivity index (χ1v) is 12.7. The van der Waals surface area contributed by atoms with Gasteiger partial charge in [0.25, 0.3) is 5.91 Å². The number of amides is 1. The molecule has 180 valence electrons. The summed E-state index contributed by atoms with van der Waals surface area (Å²) in [5.41, 5.74) is 3.14. The summed E-state index contributed by atoms with van der Waals surface area (Å²) in [5.74, 6) is 0.186. The van der Waals surface area contributed by atoms with E-state index >= 15 is 0 Å². The minimum atomic E-state index is -0.544. The lowest BCUT2D eigenvalue weighted by Gasteiger charge is -2.34. The number of ether oxygens (including phenoxy) is 1. The van der Waals surface area contributed by atoms with E-state index in [0.717, 1.165) is 17.0 Å². The van der Waals surface area contributed by atoms with E-state index in [9.17, 15) is 9.59 Å². The minimum Gasteiger partial charge on any atom is -0.452 e. The lowest BCUT2D eigenvalue weighted by atomic mass is 9.92. The fourth-order valence-corrected chi connectivity index (χ4v) is 5.60. The monoisotopic (exact) mass is 488 g/mol. The van der Waals surface area contributed by atoms with Crippen LogP contribution in [0.25, 0.3) is 27.3 Å². The number of aromatic nitrogens is 3. The number of pyridine rings is 1. The first kappa shape index (κ1) is 23.2. The Morgan fingerprint density at radius 2 is 1.83 bits per heavy atom. The summed E-state index contributed by atoms with van der Waals surface area (Å²) in [4.78, 5) is 33.8. The smallest absolute Gasteiger partial charge is 0.339 e. The topological polar surface area (TPSA) is 77.3 Å². The molecular weight excluding hydrogens is 460 g/mol. The van der Waals surface area contributed by atoms with Crippen LogP contribution in [0.4, 0.5) is 0 Å². The zero-order chi connectivity index (χ0) is 24.5. The number of benzene rings is 1. The number of carbonyl (C=O) groups is 2. The maximum absolute atomic E-state index is 13.3. The number of hydrogen-bond donors (Lipinski definition) is 0. The molecule has 0 radical (unpaired) electrons. The van der Waals surface area contributed by atoms with Crippen molar-refractivity contribution in [2.75, 3.05) is 19.7 Å². The van der Waals surface area contributed by atoms with E-state index in [-0.39, 0.29) is 12.5 Å². The molecule has 8 heteroatoms. The number of esters is 1. The van der Waals surface area contributed by atoms with Gasteiger partial charge in [-0.3, -0.25) is 4.79 Å². The van der Waals surface area contributed by atoms with Crippen molar-refractivity contribution in [2.45, 2.75) is 27.2 Å². The molecule has 1 amide bonds. The Morgan fingerprint density at radius 1 is 1.09 bits per heavy atom. The van der Waals surface area contributed by atoms with Gasteiger partial charge >= 0.3 is 5.97 Å². The number of carbonyl (C=O) groups excluding carboxylic acids is 2. The predicted octanol–water partition coefficient (Wildman–Crippen LogP) is 5.12. The Hall–Kier alpha value is -3.52. The van der Waals surface area contributed by atoms with E-state index in [0.29, 0.717) is 52.9 Å². The molecule has 1 aliphatic rings. The molecule has 4 heterocycles. The summed E-state index contributed by atoms with van der Waals surface area (Å²) in [6, 6.07) is 15.4. The third-order valence-corrected chi connectivity index (χ3v) is 7.25. The lowest BCUT2D eigenvalue weighted by molar-refractivity contribution is -0.137. The van der Waals surface area contributed by atoms with Gasteiger partial charge in [-0.1, -0.05) is 38.1 Å². The lowest BCUT2D eigenvalue weighted by Crippen LogP contribution is -2.44. The van der Waals surface area contributed by atoms with Crippen molar-refractivity contribution in [3.63, 3.8) is 0 Å². The fraction of sp³-hybridized carbons (Fsp3) is 0.333. The van der Waals surface area contributed by atoms with Gasteiger partial charge in [0.05, 0.1) is 32.9 Å². The number of aryl methyl sites for hydroxylation is 1. The predicted molar refractivity (Wildman–Crippen MR) is 137 cm³/mol. The number of nitrogens with zero attached hydrogens (tertiary/aromatic N) is 4. The second kappa shape index (κ2) is 9.62. The summed E-state index contributed by atoms with van der Waals surface area (Å²) in [6.07, 6.45) is 1.11. The van der Waals surface area contributed by atoms with Crippen LogP contribution in [0.15, 0.2) is 53.9 Å². The highest BCUT2D eigenvalue weighted by Gasteiger charge is 2.27. The van der Waals surface area contributed by atoms with Crippen molar-refractivity contribution in [1.82, 2.24) is 19.7 Å². The molecule has 1 saturated heterocycles. The largest absolute Gasteiger partial charge is 0.452 e. The molecule has 1 fully saturated rings. The van der Waals surface area contributed by atoms with Gasteiger partial charge in [0, 0.05) is 13.1 Å². The summed E-state index contributed by atoms with van der Waals surface area (Å²) >= 11 is 1.55. The average molecular weight is 489 g/mol. The summed E-state index contributed by atoms with van der Waals surface area (Å²) < 4.78 is 7.32. The van der Waals surface area contributed by atoms with E-state index in [1.807, 2.05) is 59.7 Å². The highest BCUT2D eigenvalue weighted by atomic mass is 32.1. The van der Waals surface area contributed by atoms with Gasteiger partial charge in [0.2, 0.25) is 0 Å². The second-order valence-electron chi connectivity index (χ2n) is 9.38. The van der Waals surface area contributed by atoms with E-state index in [1.54, 1.807) is 22.1 Å². The molecular formula is C27H28N4O3S. The van der Waals surface area contributed by atoms with Crippen LogP contribution in [-0.2, 0) is 9.53 Å². The van der Waals surface area contributed by atoms with Crippen LogP contribution >= 0.6 is 11.3 Å². The van der Waals surface area contributed by atoms with Crippen LogP contribution in [-0.4, -0.2) is 51.2 Å². The van der Waals surface area contributed by atoms with Gasteiger partial charge in [-0.15, -0.1) is 11.3 Å². The third kappa shape index (κ3) is 4.71. The van der Waals surface area contributed by atoms with E-state index in [1.165, 1.54) is 0 Å². The van der Waals surface area contributed by atoms with Gasteiger partial charge < -0.3 is 9.64 Å². The number of fused-ring (bicyclic) bond motifs is 1. The molecule has 5 rings (SSSR count). The number of para-hydroxylation sites is 1. The van der Waals surface area contributed by atoms with Crippen LogP contribution in [0.5, 0.6) is 0 Å². The SMILES string of the molecule is Cc1nn(-c2ccccc2)c2nc(-c3cccs3)cc(C(=O)OCC(=O)N3CC(C)CC(C)C3)c12. The Morgan fingerprint density at radius 3 is 2.51 bits per heavy atom. The quantitative estimate of drug-likeness (QED) is 0.365. The molecule has 0 bridgehead atoms. The number of thiophene rings is 1. The molecule has 2 unspecified atom stereocenters. The maximum Gasteiger partial charge on any atom is 0.339 e. The van der Waals surface area contributed by atoms with Gasteiger partial charge in [0.1, 0.15) is 0 Å². The molecule has 0 aliphatic carbocycles. The standard InChI is InChI=1S/C27H28N4O3S/c1-17-12-18(2)15-30(14-17)24(32)16-34-27(33)21-13-22(23-10-7-11-35-23)28-26-25(21)19(3)29-31(26)20-8-5-4-6-9-20/h4-11,13,17-18H,12,14-16H2,1-3H3. The molecule has 0 saturated carbocycles. The van der Waals surface area contributed by atoms with Gasteiger partial charge in [0.15, 0.2) is 12.3 Å². The number of likely N-dealkylation sites (tertiary alicyclic amines) is 1. The first-order chi connectivity index (χ1) is 16.9. The zero-order valence-electron chi connectivity index (χ0n) is 20.1. The third-order valence-electron chi connectivity index (χ3n) is 6.36. The van der Waals surface area contributed by atoms with Crippen LogP contribution in [0.3, 0.4) is 0 Å². The molecule has 0 spiro atoms. The molecule has 2 atom stereocenters. The van der Waals surface area contributed by atoms with E-state index in [4.69, 9.17) is 9.72 Å². The molecule has 1 aromatic carbocycles. The van der Waals surface area contributed by atoms with Crippen molar-refractivity contribution in [3.05, 3.63) is 65.2 Å². The average Bonchev–Trinajstić information content (AvgIpc) is 3.50. The molecule has 3 aromatic heterocycles. The van der Waals surface area contributed by atoms with Crippen molar-refractivity contribution in [2.24, 2.45) is 11.8 Å². The zero-order valence-corrected chi connectivity index (χ0v) is 20.9. The van der Waals surface area contributed by atoms with Crippen molar-refractivity contribution in [3.8, 4) is 16.3 Å². The summed E-state index contributed by atoms with van der Waals surface area (Å²) in [6.45, 7) is 7.27. The Balaban J connectivity index is 1.49. The normalized spacial score (nSPS) is 18.1. The second-order valence-corrected chi connectivity index (χ2v) is 10.3.